The third-order valence-electron chi connectivity index (χ3n) is 1.61. The van der Waals surface area contributed by atoms with Crippen LogP contribution in [-0.4, -0.2) is 22.8 Å². The second-order valence-electron chi connectivity index (χ2n) is 3.14. The Kier molecular flexibility index (Phi) is 4.22. The van der Waals surface area contributed by atoms with Gasteiger partial charge in [-0.05, 0) is 13.8 Å². The molecule has 1 aromatic carbocycles. The van der Waals surface area contributed by atoms with Crippen LogP contribution >= 0.6 is 0 Å². The van der Waals surface area contributed by atoms with Crippen molar-refractivity contribution in [3.63, 3.8) is 0 Å². The van der Waals surface area contributed by atoms with E-state index in [4.69, 9.17) is 5.21 Å². The largest absolute Gasteiger partial charge is 0.411 e. The molecule has 4 nitrogen and oxygen atoms in total. The average Bonchev–Trinajstić information content (AvgIpc) is 2.25. The molecule has 1 N–H and O–H groups in total. The second kappa shape index (κ2) is 5.70. The van der Waals surface area contributed by atoms with Gasteiger partial charge in [0.25, 0.3) is 0 Å². The van der Waals surface area contributed by atoms with Crippen LogP contribution < -0.4 is 0 Å². The van der Waals surface area contributed by atoms with Crippen LogP contribution in [-0.2, 0) is 0 Å². The molecule has 0 aliphatic carbocycles. The zero-order chi connectivity index (χ0) is 11.1. The van der Waals surface area contributed by atoms with Gasteiger partial charge >= 0.3 is 0 Å². The van der Waals surface area contributed by atoms with E-state index >= 15 is 0 Å². The SMILES string of the molecule is CC(C)=N/N=C(\C=N\O)c1ccccc1. The fourth-order valence-corrected chi connectivity index (χ4v) is 0.976. The molecular formula is C11H13N3O. The van der Waals surface area contributed by atoms with E-state index in [1.807, 2.05) is 44.2 Å². The van der Waals surface area contributed by atoms with Gasteiger partial charge in [-0.2, -0.15) is 5.10 Å². The Morgan fingerprint density at radius 3 is 2.33 bits per heavy atom. The molecule has 0 bridgehead atoms. The van der Waals surface area contributed by atoms with Gasteiger partial charge in [0.05, 0.1) is 6.21 Å². The standard InChI is InChI=1S/C11H13N3O/c1-9(2)13-14-11(8-12-15)10-6-4-3-5-7-10/h3-8,15H,1-2H3/b12-8+,14-11+. The summed E-state index contributed by atoms with van der Waals surface area (Å²) in [6.07, 6.45) is 1.27. The lowest BCUT2D eigenvalue weighted by molar-refractivity contribution is 0.322. The first-order valence-electron chi connectivity index (χ1n) is 4.55. The molecule has 4 heteroatoms. The zero-order valence-corrected chi connectivity index (χ0v) is 8.75. The first kappa shape index (κ1) is 11.1. The maximum Gasteiger partial charge on any atom is 0.114 e. The van der Waals surface area contributed by atoms with Crippen LogP contribution in [0.2, 0.25) is 0 Å². The van der Waals surface area contributed by atoms with E-state index in [2.05, 4.69) is 15.4 Å². The number of benzene rings is 1. The summed E-state index contributed by atoms with van der Waals surface area (Å²) in [5.41, 5.74) is 2.23. The highest BCUT2D eigenvalue weighted by Gasteiger charge is 1.98. The summed E-state index contributed by atoms with van der Waals surface area (Å²) in [6, 6.07) is 9.44. The van der Waals surface area contributed by atoms with Crippen LogP contribution in [0.4, 0.5) is 0 Å². The molecule has 0 atom stereocenters. The number of oxime groups is 1. The molecule has 15 heavy (non-hydrogen) atoms. The van der Waals surface area contributed by atoms with E-state index in [-0.39, 0.29) is 0 Å². The summed E-state index contributed by atoms with van der Waals surface area (Å²) < 4.78 is 0. The van der Waals surface area contributed by atoms with Crippen LogP contribution in [0, 0.1) is 0 Å². The smallest absolute Gasteiger partial charge is 0.114 e. The van der Waals surface area contributed by atoms with Crippen molar-refractivity contribution >= 4 is 17.6 Å². The van der Waals surface area contributed by atoms with Crippen molar-refractivity contribution < 1.29 is 5.21 Å². The summed E-state index contributed by atoms with van der Waals surface area (Å²) in [5, 5.41) is 19.4. The van der Waals surface area contributed by atoms with Crippen LogP contribution in [0.15, 0.2) is 45.7 Å². The molecule has 0 spiro atoms. The molecule has 78 valence electrons. The van der Waals surface area contributed by atoms with Gasteiger partial charge in [-0.3, -0.25) is 0 Å². The highest BCUT2D eigenvalue weighted by molar-refractivity contribution is 6.38. The van der Waals surface area contributed by atoms with Crippen molar-refractivity contribution in [3.05, 3.63) is 35.9 Å². The molecule has 0 amide bonds. The molecule has 0 radical (unpaired) electrons. The van der Waals surface area contributed by atoms with Gasteiger partial charge in [0.2, 0.25) is 0 Å². The molecule has 0 unspecified atom stereocenters. The van der Waals surface area contributed by atoms with Crippen molar-refractivity contribution in [2.24, 2.45) is 15.4 Å². The number of rotatable bonds is 3. The third-order valence-corrected chi connectivity index (χ3v) is 1.61. The third kappa shape index (κ3) is 3.72. The maximum absolute atomic E-state index is 8.50. The lowest BCUT2D eigenvalue weighted by Crippen LogP contribution is -2.02. The van der Waals surface area contributed by atoms with Crippen LogP contribution in [0.3, 0.4) is 0 Å². The van der Waals surface area contributed by atoms with E-state index in [0.29, 0.717) is 5.71 Å². The normalized spacial score (nSPS) is 11.7. The molecule has 0 heterocycles. The van der Waals surface area contributed by atoms with Gasteiger partial charge < -0.3 is 5.21 Å². The fourth-order valence-electron chi connectivity index (χ4n) is 0.976. The summed E-state index contributed by atoms with van der Waals surface area (Å²) in [7, 11) is 0. The Bertz CT molecular complexity index is 390. The van der Waals surface area contributed by atoms with Gasteiger partial charge in [-0.1, -0.05) is 35.5 Å². The average molecular weight is 203 g/mol. The van der Waals surface area contributed by atoms with Crippen LogP contribution in [0.25, 0.3) is 0 Å². The highest BCUT2D eigenvalue weighted by atomic mass is 16.4. The minimum absolute atomic E-state index is 0.527. The quantitative estimate of drug-likeness (QED) is 0.457. The van der Waals surface area contributed by atoms with Gasteiger partial charge in [0.15, 0.2) is 0 Å². The number of hydrogen-bond donors (Lipinski definition) is 1. The van der Waals surface area contributed by atoms with E-state index in [1.165, 1.54) is 6.21 Å². The van der Waals surface area contributed by atoms with Gasteiger partial charge in [-0.25, -0.2) is 0 Å². The maximum atomic E-state index is 8.50. The molecule has 0 fully saturated rings. The van der Waals surface area contributed by atoms with Crippen molar-refractivity contribution in [2.45, 2.75) is 13.8 Å². The van der Waals surface area contributed by atoms with Crippen LogP contribution in [0.5, 0.6) is 0 Å². The van der Waals surface area contributed by atoms with E-state index < -0.39 is 0 Å². The Labute approximate surface area is 88.7 Å². The summed E-state index contributed by atoms with van der Waals surface area (Å²) in [6.45, 7) is 3.70. The lowest BCUT2D eigenvalue weighted by Gasteiger charge is -1.97. The predicted octanol–water partition coefficient (Wildman–Crippen LogP) is 2.33. The first-order valence-corrected chi connectivity index (χ1v) is 4.55. The number of hydrogen-bond acceptors (Lipinski definition) is 4. The lowest BCUT2D eigenvalue weighted by atomic mass is 10.1. The number of nitrogens with zero attached hydrogens (tertiary/aromatic N) is 3. The zero-order valence-electron chi connectivity index (χ0n) is 8.75. The Hall–Kier alpha value is -1.97. The van der Waals surface area contributed by atoms with Gasteiger partial charge in [-0.15, -0.1) is 5.10 Å². The monoisotopic (exact) mass is 203 g/mol. The predicted molar refractivity (Wildman–Crippen MR) is 62.0 cm³/mol. The first-order chi connectivity index (χ1) is 7.24. The molecule has 0 aliphatic rings. The second-order valence-corrected chi connectivity index (χ2v) is 3.14. The molecular weight excluding hydrogens is 190 g/mol. The van der Waals surface area contributed by atoms with Crippen molar-refractivity contribution in [3.8, 4) is 0 Å². The Morgan fingerprint density at radius 2 is 1.80 bits per heavy atom. The van der Waals surface area contributed by atoms with Gasteiger partial charge in [0, 0.05) is 11.3 Å². The highest BCUT2D eigenvalue weighted by Crippen LogP contribution is 2.00. The summed E-state index contributed by atoms with van der Waals surface area (Å²) in [4.78, 5) is 0. The van der Waals surface area contributed by atoms with Crippen molar-refractivity contribution in [1.82, 2.24) is 0 Å². The van der Waals surface area contributed by atoms with Gasteiger partial charge in [0.1, 0.15) is 5.71 Å². The van der Waals surface area contributed by atoms with Crippen LogP contribution in [0.1, 0.15) is 19.4 Å². The minimum atomic E-state index is 0.527. The molecule has 0 saturated carbocycles. The minimum Gasteiger partial charge on any atom is -0.411 e. The molecule has 1 aromatic rings. The molecule has 0 saturated heterocycles. The van der Waals surface area contributed by atoms with Crippen molar-refractivity contribution in [1.29, 1.82) is 0 Å². The summed E-state index contributed by atoms with van der Waals surface area (Å²) >= 11 is 0. The summed E-state index contributed by atoms with van der Waals surface area (Å²) in [5.74, 6) is 0. The Morgan fingerprint density at radius 1 is 1.13 bits per heavy atom. The topological polar surface area (TPSA) is 57.3 Å². The van der Waals surface area contributed by atoms with Crippen molar-refractivity contribution in [2.75, 3.05) is 0 Å². The van der Waals surface area contributed by atoms with E-state index in [1.54, 1.807) is 0 Å². The molecule has 0 aromatic heterocycles. The Balaban J connectivity index is 3.04. The molecule has 0 aliphatic heterocycles. The fraction of sp³-hybridized carbons (Fsp3) is 0.182. The molecule has 1 rings (SSSR count). The van der Waals surface area contributed by atoms with E-state index in [0.717, 1.165) is 11.3 Å². The van der Waals surface area contributed by atoms with E-state index in [9.17, 15) is 0 Å².